The molecule has 0 amide bonds. The van der Waals surface area contributed by atoms with Gasteiger partial charge in [-0.25, -0.2) is 0 Å². The van der Waals surface area contributed by atoms with Crippen LogP contribution in [-0.2, 0) is 13.1 Å². The molecule has 0 aliphatic carbocycles. The summed E-state index contributed by atoms with van der Waals surface area (Å²) in [6, 6.07) is 11.7. The van der Waals surface area contributed by atoms with Gasteiger partial charge in [0.1, 0.15) is 18.2 Å². The number of rotatable bonds is 5. The molecule has 0 N–H and O–H groups in total. The van der Waals surface area contributed by atoms with E-state index in [1.165, 1.54) is 0 Å². The fourth-order valence-corrected chi connectivity index (χ4v) is 4.76. The lowest BCUT2D eigenvalue weighted by atomic mass is 9.98. The number of benzene rings is 2. The van der Waals surface area contributed by atoms with Crippen molar-refractivity contribution in [1.29, 1.82) is 0 Å². The Balaban J connectivity index is 1.43. The van der Waals surface area contributed by atoms with E-state index in [9.17, 15) is 4.79 Å². The lowest BCUT2D eigenvalue weighted by Crippen LogP contribution is -2.31. The van der Waals surface area contributed by atoms with Gasteiger partial charge in [0, 0.05) is 24.0 Å². The first kappa shape index (κ1) is 20.6. The van der Waals surface area contributed by atoms with Crippen LogP contribution in [0, 0.1) is 6.92 Å². The van der Waals surface area contributed by atoms with Gasteiger partial charge in [0.2, 0.25) is 5.78 Å². The summed E-state index contributed by atoms with van der Waals surface area (Å²) in [7, 11) is 3.25. The second-order valence-electron chi connectivity index (χ2n) is 7.78. The number of nitrogens with zero attached hydrogens (tertiary/aromatic N) is 1. The Morgan fingerprint density at radius 3 is 2.75 bits per heavy atom. The normalized spacial score (nSPS) is 16.3. The second kappa shape index (κ2) is 8.33. The fourth-order valence-electron chi connectivity index (χ4n) is 4.12. The highest BCUT2D eigenvalue weighted by atomic mass is 32.1. The average Bonchev–Trinajstić information content (AvgIpc) is 3.43. The Labute approximate surface area is 190 Å². The number of ketones is 1. The minimum Gasteiger partial charge on any atom is -0.493 e. The Morgan fingerprint density at radius 1 is 1.16 bits per heavy atom. The summed E-state index contributed by atoms with van der Waals surface area (Å²) in [6.45, 7) is 3.65. The number of aryl methyl sites for hydroxylation is 1. The van der Waals surface area contributed by atoms with E-state index in [0.717, 1.165) is 27.3 Å². The number of hydrogen-bond acceptors (Lipinski definition) is 7. The van der Waals surface area contributed by atoms with Crippen molar-refractivity contribution in [3.8, 4) is 23.0 Å². The molecule has 0 spiro atoms. The number of carbonyl (C=O) groups is 1. The number of allylic oxidation sites excluding steroid dienone is 1. The first-order valence-electron chi connectivity index (χ1n) is 10.3. The quantitative estimate of drug-likeness (QED) is 0.509. The van der Waals surface area contributed by atoms with Gasteiger partial charge in [-0.1, -0.05) is 12.1 Å². The van der Waals surface area contributed by atoms with E-state index in [1.807, 2.05) is 54.8 Å². The summed E-state index contributed by atoms with van der Waals surface area (Å²) in [5.74, 6) is 3.06. The van der Waals surface area contributed by atoms with Crippen LogP contribution in [0.1, 0.15) is 31.9 Å². The van der Waals surface area contributed by atoms with Gasteiger partial charge in [-0.2, -0.15) is 0 Å². The minimum atomic E-state index is -0.0780. The molecular weight excluding hydrogens is 426 g/mol. The first-order valence-corrected chi connectivity index (χ1v) is 11.2. The van der Waals surface area contributed by atoms with Gasteiger partial charge in [-0.05, 0) is 47.7 Å². The molecule has 6 nitrogen and oxygen atoms in total. The molecule has 2 aliphatic heterocycles. The van der Waals surface area contributed by atoms with Gasteiger partial charge in [0.15, 0.2) is 17.3 Å². The van der Waals surface area contributed by atoms with Crippen LogP contribution < -0.4 is 18.9 Å². The summed E-state index contributed by atoms with van der Waals surface area (Å²) in [4.78, 5) is 16.2. The van der Waals surface area contributed by atoms with E-state index in [0.29, 0.717) is 48.4 Å². The molecular formula is C25H23NO5S. The van der Waals surface area contributed by atoms with Crippen LogP contribution in [-0.4, -0.2) is 31.6 Å². The molecule has 0 fully saturated rings. The van der Waals surface area contributed by atoms with Gasteiger partial charge >= 0.3 is 0 Å². The molecule has 0 bridgehead atoms. The van der Waals surface area contributed by atoms with Crippen molar-refractivity contribution in [2.45, 2.75) is 20.0 Å². The average molecular weight is 450 g/mol. The molecule has 0 saturated heterocycles. The van der Waals surface area contributed by atoms with E-state index in [2.05, 4.69) is 4.90 Å². The van der Waals surface area contributed by atoms with Crippen LogP contribution in [0.3, 0.4) is 0 Å². The standard InChI is InChI=1S/C25H23NO5S/c1-15-9-20-18(25-23(15)24(27)22(31-25)11-17-5-4-8-32-17)13-26(14-30-20)12-16-6-7-19(28-2)21(10-16)29-3/h4-11H,12-14H2,1-3H3/b22-11-. The zero-order valence-electron chi connectivity index (χ0n) is 18.1. The van der Waals surface area contributed by atoms with Crippen LogP contribution in [0.15, 0.2) is 47.5 Å². The molecule has 0 saturated carbocycles. The number of thiophene rings is 1. The highest BCUT2D eigenvalue weighted by molar-refractivity contribution is 7.10. The summed E-state index contributed by atoms with van der Waals surface area (Å²) in [6.07, 6.45) is 1.81. The molecule has 2 aliphatic rings. The molecule has 3 heterocycles. The highest BCUT2D eigenvalue weighted by Crippen LogP contribution is 2.44. The molecule has 5 rings (SSSR count). The number of Topliss-reactive ketones (excluding diaryl/α,β-unsaturated/α-hetero) is 1. The summed E-state index contributed by atoms with van der Waals surface area (Å²) < 4.78 is 22.9. The zero-order chi connectivity index (χ0) is 22.2. The van der Waals surface area contributed by atoms with Crippen molar-refractivity contribution >= 4 is 23.2 Å². The van der Waals surface area contributed by atoms with E-state index in [4.69, 9.17) is 18.9 Å². The number of hydrogen-bond donors (Lipinski definition) is 0. The van der Waals surface area contributed by atoms with Gasteiger partial charge in [-0.15, -0.1) is 11.3 Å². The van der Waals surface area contributed by atoms with E-state index >= 15 is 0 Å². The molecule has 2 aromatic carbocycles. The summed E-state index contributed by atoms with van der Waals surface area (Å²) >= 11 is 1.57. The minimum absolute atomic E-state index is 0.0780. The molecule has 3 aromatic rings. The molecule has 7 heteroatoms. The predicted molar refractivity (Wildman–Crippen MR) is 123 cm³/mol. The predicted octanol–water partition coefficient (Wildman–Crippen LogP) is 5.04. The van der Waals surface area contributed by atoms with Gasteiger partial charge < -0.3 is 18.9 Å². The Kier molecular flexibility index (Phi) is 5.36. The molecule has 0 unspecified atom stereocenters. The SMILES string of the molecule is COc1ccc(CN2COc3cc(C)c4c(c3C2)O/C(=C\c2cccs2)C4=O)cc1OC. The largest absolute Gasteiger partial charge is 0.493 e. The number of ether oxygens (including phenoxy) is 4. The van der Waals surface area contributed by atoms with Gasteiger partial charge in [0.05, 0.1) is 25.3 Å². The maximum Gasteiger partial charge on any atom is 0.232 e. The summed E-state index contributed by atoms with van der Waals surface area (Å²) in [5.41, 5.74) is 3.48. The van der Waals surface area contributed by atoms with Crippen LogP contribution in [0.2, 0.25) is 0 Å². The fraction of sp³-hybridized carbons (Fsp3) is 0.240. The van der Waals surface area contributed by atoms with E-state index < -0.39 is 0 Å². The Morgan fingerprint density at radius 2 is 2.00 bits per heavy atom. The third-order valence-electron chi connectivity index (χ3n) is 5.66. The lowest BCUT2D eigenvalue weighted by Gasteiger charge is -2.30. The maximum atomic E-state index is 13.1. The van der Waals surface area contributed by atoms with Crippen molar-refractivity contribution in [2.75, 3.05) is 21.0 Å². The van der Waals surface area contributed by atoms with Crippen LogP contribution in [0.4, 0.5) is 0 Å². The highest BCUT2D eigenvalue weighted by Gasteiger charge is 2.35. The van der Waals surface area contributed by atoms with Crippen molar-refractivity contribution in [3.63, 3.8) is 0 Å². The topological polar surface area (TPSA) is 57.2 Å². The van der Waals surface area contributed by atoms with Gasteiger partial charge in [-0.3, -0.25) is 9.69 Å². The van der Waals surface area contributed by atoms with Crippen LogP contribution >= 0.6 is 11.3 Å². The third-order valence-corrected chi connectivity index (χ3v) is 6.48. The smallest absolute Gasteiger partial charge is 0.232 e. The molecule has 32 heavy (non-hydrogen) atoms. The number of fused-ring (bicyclic) bond motifs is 3. The van der Waals surface area contributed by atoms with Crippen molar-refractivity contribution in [1.82, 2.24) is 4.90 Å². The van der Waals surface area contributed by atoms with Crippen molar-refractivity contribution in [2.24, 2.45) is 0 Å². The van der Waals surface area contributed by atoms with E-state index in [-0.39, 0.29) is 5.78 Å². The first-order chi connectivity index (χ1) is 15.6. The molecule has 0 atom stereocenters. The second-order valence-corrected chi connectivity index (χ2v) is 8.76. The third kappa shape index (κ3) is 3.63. The lowest BCUT2D eigenvalue weighted by molar-refractivity contribution is 0.0871. The van der Waals surface area contributed by atoms with Gasteiger partial charge in [0.25, 0.3) is 0 Å². The van der Waals surface area contributed by atoms with Crippen molar-refractivity contribution < 1.29 is 23.7 Å². The molecule has 164 valence electrons. The van der Waals surface area contributed by atoms with Crippen LogP contribution in [0.25, 0.3) is 6.08 Å². The summed E-state index contributed by atoms with van der Waals surface area (Å²) in [5, 5.41) is 1.98. The van der Waals surface area contributed by atoms with E-state index in [1.54, 1.807) is 25.6 Å². The number of methoxy groups -OCH3 is 2. The zero-order valence-corrected chi connectivity index (χ0v) is 19.0. The maximum absolute atomic E-state index is 13.1. The molecule has 1 aromatic heterocycles. The number of carbonyl (C=O) groups excluding carboxylic acids is 1. The van der Waals surface area contributed by atoms with Crippen molar-refractivity contribution in [3.05, 3.63) is 74.7 Å². The molecule has 0 radical (unpaired) electrons. The Hall–Kier alpha value is -3.29. The Bertz CT molecular complexity index is 1220. The monoisotopic (exact) mass is 449 g/mol. The van der Waals surface area contributed by atoms with Crippen LogP contribution in [0.5, 0.6) is 23.0 Å².